The van der Waals surface area contributed by atoms with Crippen LogP contribution in [0.4, 0.5) is 0 Å². The van der Waals surface area contributed by atoms with Gasteiger partial charge in [-0.2, -0.15) is 0 Å². The van der Waals surface area contributed by atoms with Crippen molar-refractivity contribution >= 4 is 101 Å². The van der Waals surface area contributed by atoms with E-state index >= 15 is 0 Å². The van der Waals surface area contributed by atoms with Crippen molar-refractivity contribution in [2.45, 2.75) is 18.4 Å². The van der Waals surface area contributed by atoms with Gasteiger partial charge in [-0.15, -0.1) is 0 Å². The van der Waals surface area contributed by atoms with E-state index < -0.39 is 44.2 Å². The molecule has 0 aliphatic rings. The third-order valence-corrected chi connectivity index (χ3v) is 2.14. The van der Waals surface area contributed by atoms with E-state index in [-0.39, 0.29) is 81.2 Å². The number of phosphoric acid groups is 1. The average Bonchev–Trinajstić information content (AvgIpc) is 1.96. The zero-order valence-corrected chi connectivity index (χ0v) is 14.9. The first-order valence-electron chi connectivity index (χ1n) is 3.92. The monoisotopic (exact) mass is 356 g/mol. The summed E-state index contributed by atoms with van der Waals surface area (Å²) in [6, 6.07) is 0. The molecule has 106 valence electrons. The quantitative estimate of drug-likeness (QED) is 0.268. The molecule has 0 aromatic rings. The summed E-state index contributed by atoms with van der Waals surface area (Å²) < 4.78 is 14.4. The van der Waals surface area contributed by atoms with Gasteiger partial charge in [0, 0.05) is 0 Å². The molecule has 5 N–H and O–H groups in total. The molecule has 0 aliphatic carbocycles. The van der Waals surface area contributed by atoms with Gasteiger partial charge in [-0.05, 0) is 0 Å². The molecule has 0 aromatic carbocycles. The Hall–Kier alpha value is 1.04. The zero-order valence-electron chi connectivity index (χ0n) is 13.6. The summed E-state index contributed by atoms with van der Waals surface area (Å²) >= 11 is 0. The van der Waals surface area contributed by atoms with E-state index in [0.29, 0.717) is 0 Å². The summed E-state index contributed by atoms with van der Waals surface area (Å²) in [6.45, 7) is 0. The fraction of sp³-hybridized carbons (Fsp3) is 0.500. The topological polar surface area (TPSA) is 179 Å². The van der Waals surface area contributed by atoms with Crippen LogP contribution >= 0.6 is 7.82 Å². The summed E-state index contributed by atoms with van der Waals surface area (Å²) in [5.74, 6) is -5.64. The molecule has 0 unspecified atom stereocenters. The van der Waals surface area contributed by atoms with E-state index in [0.717, 1.165) is 0 Å². The van der Waals surface area contributed by atoms with Crippen molar-refractivity contribution < 1.29 is 54.3 Å². The molecule has 0 saturated carbocycles. The Morgan fingerprint density at radius 3 is 1.47 bits per heavy atom. The van der Waals surface area contributed by atoms with Crippen LogP contribution in [0.15, 0.2) is 0 Å². The van der Waals surface area contributed by atoms with Crippen LogP contribution in [0.5, 0.6) is 0 Å². The van der Waals surface area contributed by atoms with Crippen molar-refractivity contribution in [1.29, 1.82) is 0 Å². The van der Waals surface area contributed by atoms with Crippen LogP contribution in [-0.2, 0) is 23.5 Å². The van der Waals surface area contributed by atoms with Crippen LogP contribution in [0.25, 0.3) is 0 Å². The number of rotatable bonds is 7. The van der Waals surface area contributed by atoms with Gasteiger partial charge in [-0.1, -0.05) is 0 Å². The zero-order chi connectivity index (χ0) is 13.9. The molecule has 0 bridgehead atoms. The minimum absolute atomic E-state index is 0. The normalized spacial score (nSPS) is 10.8. The molecule has 0 heterocycles. The summed E-state index contributed by atoms with van der Waals surface area (Å²) in [5, 5.41) is 25.5. The minimum Gasteiger partial charge on any atom is -1.00 e. The molecule has 0 fully saturated rings. The maximum absolute atomic E-state index is 10.8. The molecular weight excluding hydrogens is 343 g/mol. The second-order valence-corrected chi connectivity index (χ2v) is 4.19. The summed E-state index contributed by atoms with van der Waals surface area (Å²) in [5.41, 5.74) is -3.02. The van der Waals surface area contributed by atoms with Gasteiger partial charge in [0.05, 0.1) is 12.8 Å². The largest absolute Gasteiger partial charge is 2.00 e. The minimum atomic E-state index is -5.36. The smallest absolute Gasteiger partial charge is 1.00 e. The van der Waals surface area contributed by atoms with Gasteiger partial charge in [0.2, 0.25) is 0 Å². The van der Waals surface area contributed by atoms with Gasteiger partial charge in [0.1, 0.15) is 0 Å². The number of carbonyl (C=O) groups is 3. The molecular formula is C6H13Ca2O10P. The molecule has 0 amide bonds. The maximum atomic E-state index is 10.8. The molecule has 0 rings (SSSR count). The fourth-order valence-electron chi connectivity index (χ4n) is 1.03. The van der Waals surface area contributed by atoms with Crippen LogP contribution < -0.4 is 0 Å². The van der Waals surface area contributed by atoms with E-state index in [1.165, 1.54) is 0 Å². The van der Waals surface area contributed by atoms with Crippen molar-refractivity contribution in [3.8, 4) is 0 Å². The summed E-state index contributed by atoms with van der Waals surface area (Å²) in [7, 11) is -5.36. The van der Waals surface area contributed by atoms with E-state index in [9.17, 15) is 18.9 Å². The van der Waals surface area contributed by atoms with Gasteiger partial charge < -0.3 is 30.8 Å². The van der Waals surface area contributed by atoms with Gasteiger partial charge in [0.25, 0.3) is 0 Å². The second kappa shape index (κ2) is 9.88. The molecule has 0 radical (unpaired) electrons. The van der Waals surface area contributed by atoms with Crippen molar-refractivity contribution in [2.24, 2.45) is 0 Å². The van der Waals surface area contributed by atoms with Crippen molar-refractivity contribution in [1.82, 2.24) is 0 Å². The maximum Gasteiger partial charge on any atom is 2.00 e. The number of carboxylic acid groups (broad SMARTS) is 3. The van der Waals surface area contributed by atoms with Crippen LogP contribution in [0.3, 0.4) is 0 Å². The van der Waals surface area contributed by atoms with Crippen molar-refractivity contribution in [2.75, 3.05) is 0 Å². The Bertz CT molecular complexity index is 389. The fourth-order valence-corrected chi connectivity index (χ4v) is 1.70. The van der Waals surface area contributed by atoms with Crippen LogP contribution in [-0.4, -0.2) is 124 Å². The third-order valence-electron chi connectivity index (χ3n) is 1.56. The predicted molar refractivity (Wildman–Crippen MR) is 64.0 cm³/mol. The van der Waals surface area contributed by atoms with Crippen LogP contribution in [0.2, 0.25) is 0 Å². The summed E-state index contributed by atoms with van der Waals surface area (Å²) in [4.78, 5) is 48.5. The van der Waals surface area contributed by atoms with E-state index in [1.54, 1.807) is 0 Å². The first kappa shape index (κ1) is 25.0. The Kier molecular flexibility index (Phi) is 13.0. The Morgan fingerprint density at radius 1 is 1.00 bits per heavy atom. The molecule has 0 spiro atoms. The second-order valence-electron chi connectivity index (χ2n) is 3.02. The number of carboxylic acids is 3. The number of hydrogen-bond donors (Lipinski definition) is 5. The Labute approximate surface area is 172 Å². The molecule has 0 atom stereocenters. The SMILES string of the molecule is O=C(O)CC(CC(=O)O)(OP(=O)(O)O)C(=O)O.[Ca+2].[Ca+2].[H-].[H-].[H-].[H-]. The average molecular weight is 356 g/mol. The molecule has 19 heavy (non-hydrogen) atoms. The van der Waals surface area contributed by atoms with Crippen LogP contribution in [0.1, 0.15) is 18.5 Å². The Morgan fingerprint density at radius 2 is 1.32 bits per heavy atom. The van der Waals surface area contributed by atoms with Crippen molar-refractivity contribution in [3.05, 3.63) is 0 Å². The number of phosphoric ester groups is 1. The van der Waals surface area contributed by atoms with Crippen LogP contribution in [0, 0.1) is 0 Å². The number of hydrogen-bond acceptors (Lipinski definition) is 5. The molecule has 10 nitrogen and oxygen atoms in total. The van der Waals surface area contributed by atoms with E-state index in [4.69, 9.17) is 25.1 Å². The third kappa shape index (κ3) is 10.4. The predicted octanol–water partition coefficient (Wildman–Crippen LogP) is -1.44. The first-order valence-corrected chi connectivity index (χ1v) is 5.45. The van der Waals surface area contributed by atoms with E-state index in [2.05, 4.69) is 4.52 Å². The first-order chi connectivity index (χ1) is 7.48. The van der Waals surface area contributed by atoms with Gasteiger partial charge in [-0.25, -0.2) is 9.36 Å². The Balaban J connectivity index is -0.0000000853. The molecule has 0 aromatic heterocycles. The molecule has 13 heteroatoms. The standard InChI is InChI=1S/C6H9O10P.2Ca.4H/c7-3(8)1-6(5(11)12,2-4(9)10)16-17(13,14)15;;;;;;/h1-2H2,(H,7,8)(H,9,10)(H,11,12)(H2,13,14,15);;;;;;/q;2*+2;4*-1. The van der Waals surface area contributed by atoms with Gasteiger partial charge in [0.15, 0.2) is 5.60 Å². The van der Waals surface area contributed by atoms with Gasteiger partial charge >= 0.3 is 101 Å². The van der Waals surface area contributed by atoms with Gasteiger partial charge in [-0.3, -0.25) is 14.1 Å². The summed E-state index contributed by atoms with van der Waals surface area (Å²) in [6.07, 6.45) is -2.81. The number of aliphatic carboxylic acids is 3. The molecule has 0 saturated heterocycles. The van der Waals surface area contributed by atoms with Crippen molar-refractivity contribution in [3.63, 3.8) is 0 Å². The van der Waals surface area contributed by atoms with E-state index in [1.807, 2.05) is 0 Å². The molecule has 0 aliphatic heterocycles.